The lowest BCUT2D eigenvalue weighted by Gasteiger charge is -2.16. The van der Waals surface area contributed by atoms with Crippen molar-refractivity contribution in [2.75, 3.05) is 24.6 Å². The highest BCUT2D eigenvalue weighted by molar-refractivity contribution is 5.67. The lowest BCUT2D eigenvalue weighted by Crippen LogP contribution is -2.27. The van der Waals surface area contributed by atoms with Gasteiger partial charge in [0.25, 0.3) is 0 Å². The van der Waals surface area contributed by atoms with Crippen LogP contribution in [0, 0.1) is 0 Å². The van der Waals surface area contributed by atoms with Crippen molar-refractivity contribution in [2.24, 2.45) is 5.73 Å². The molecule has 25 heavy (non-hydrogen) atoms. The highest BCUT2D eigenvalue weighted by Gasteiger charge is 2.22. The molecule has 1 atom stereocenters. The van der Waals surface area contributed by atoms with Crippen LogP contribution in [0.15, 0.2) is 24.4 Å². The van der Waals surface area contributed by atoms with E-state index in [2.05, 4.69) is 32.3 Å². The normalized spacial score (nSPS) is 19.4. The van der Waals surface area contributed by atoms with E-state index in [0.717, 1.165) is 49.7 Å². The SMILES string of the molecule is NC1CCN(c2cnc3nnn(Cc4ccc5c(c4)CCO5)c3n2)C1. The molecule has 2 N–H and O–H groups in total. The quantitative estimate of drug-likeness (QED) is 0.753. The summed E-state index contributed by atoms with van der Waals surface area (Å²) >= 11 is 0. The number of anilines is 1. The van der Waals surface area contributed by atoms with Crippen LogP contribution in [0.25, 0.3) is 11.3 Å². The van der Waals surface area contributed by atoms with Gasteiger partial charge in [-0.05, 0) is 23.6 Å². The topological polar surface area (TPSA) is 95.0 Å². The van der Waals surface area contributed by atoms with Gasteiger partial charge < -0.3 is 15.4 Å². The molecule has 1 saturated heterocycles. The summed E-state index contributed by atoms with van der Waals surface area (Å²) in [5.41, 5.74) is 9.68. The monoisotopic (exact) mass is 337 g/mol. The average molecular weight is 337 g/mol. The molecule has 8 heteroatoms. The molecule has 2 aromatic heterocycles. The number of nitrogens with two attached hydrogens (primary N) is 1. The summed E-state index contributed by atoms with van der Waals surface area (Å²) < 4.78 is 7.37. The van der Waals surface area contributed by atoms with Gasteiger partial charge in [0, 0.05) is 25.6 Å². The van der Waals surface area contributed by atoms with Crippen LogP contribution in [0.3, 0.4) is 0 Å². The van der Waals surface area contributed by atoms with Crippen molar-refractivity contribution >= 4 is 17.1 Å². The molecule has 0 spiro atoms. The Morgan fingerprint density at radius 3 is 3.16 bits per heavy atom. The lowest BCUT2D eigenvalue weighted by molar-refractivity contribution is 0.357. The minimum atomic E-state index is 0.203. The van der Waals surface area contributed by atoms with Crippen LogP contribution >= 0.6 is 0 Å². The van der Waals surface area contributed by atoms with Gasteiger partial charge in [0.15, 0.2) is 5.65 Å². The minimum absolute atomic E-state index is 0.203. The fraction of sp³-hybridized carbons (Fsp3) is 0.412. The van der Waals surface area contributed by atoms with Crippen molar-refractivity contribution in [3.8, 4) is 5.75 Å². The largest absolute Gasteiger partial charge is 0.493 e. The van der Waals surface area contributed by atoms with E-state index >= 15 is 0 Å². The van der Waals surface area contributed by atoms with Gasteiger partial charge in [-0.25, -0.2) is 14.6 Å². The van der Waals surface area contributed by atoms with Gasteiger partial charge in [-0.1, -0.05) is 17.3 Å². The molecule has 0 aliphatic carbocycles. The molecule has 4 heterocycles. The first-order chi connectivity index (χ1) is 12.3. The molecule has 1 fully saturated rings. The molecule has 128 valence electrons. The minimum Gasteiger partial charge on any atom is -0.493 e. The Bertz CT molecular complexity index is 938. The van der Waals surface area contributed by atoms with Crippen LogP contribution < -0.4 is 15.4 Å². The predicted octanol–water partition coefficient (Wildman–Crippen LogP) is 0.742. The predicted molar refractivity (Wildman–Crippen MR) is 92.7 cm³/mol. The Morgan fingerprint density at radius 2 is 2.28 bits per heavy atom. The first-order valence-corrected chi connectivity index (χ1v) is 8.57. The van der Waals surface area contributed by atoms with Gasteiger partial charge in [0.2, 0.25) is 5.65 Å². The fourth-order valence-corrected chi connectivity index (χ4v) is 3.51. The van der Waals surface area contributed by atoms with Crippen LogP contribution in [0.4, 0.5) is 5.82 Å². The van der Waals surface area contributed by atoms with Gasteiger partial charge in [-0.2, -0.15) is 0 Å². The second-order valence-corrected chi connectivity index (χ2v) is 6.66. The van der Waals surface area contributed by atoms with E-state index in [9.17, 15) is 0 Å². The van der Waals surface area contributed by atoms with Crippen molar-refractivity contribution in [1.82, 2.24) is 25.0 Å². The molecule has 3 aromatic rings. The molecule has 0 amide bonds. The Balaban J connectivity index is 1.46. The van der Waals surface area contributed by atoms with E-state index in [1.165, 1.54) is 5.56 Å². The van der Waals surface area contributed by atoms with E-state index in [1.807, 2.05) is 6.07 Å². The van der Waals surface area contributed by atoms with E-state index in [-0.39, 0.29) is 6.04 Å². The van der Waals surface area contributed by atoms with Crippen molar-refractivity contribution in [2.45, 2.75) is 25.4 Å². The highest BCUT2D eigenvalue weighted by Crippen LogP contribution is 2.26. The molecule has 0 radical (unpaired) electrons. The summed E-state index contributed by atoms with van der Waals surface area (Å²) in [7, 11) is 0. The molecular formula is C17H19N7O. The van der Waals surface area contributed by atoms with E-state index < -0.39 is 0 Å². The Labute approximate surface area is 144 Å². The zero-order chi connectivity index (χ0) is 16.8. The molecule has 0 saturated carbocycles. The molecule has 1 aromatic carbocycles. The lowest BCUT2D eigenvalue weighted by atomic mass is 10.1. The standard InChI is InChI=1S/C17H19N7O/c18-13-3-5-23(10-13)15-8-19-16-17(20-15)24(22-21-16)9-11-1-2-14-12(7-11)4-6-25-14/h1-2,7-8,13H,3-6,9-10,18H2. The third-order valence-corrected chi connectivity index (χ3v) is 4.85. The van der Waals surface area contributed by atoms with Crippen molar-refractivity contribution in [3.63, 3.8) is 0 Å². The van der Waals surface area contributed by atoms with Gasteiger partial charge >= 0.3 is 0 Å². The summed E-state index contributed by atoms with van der Waals surface area (Å²) in [6.07, 6.45) is 3.70. The van der Waals surface area contributed by atoms with Crippen LogP contribution in [0.1, 0.15) is 17.5 Å². The van der Waals surface area contributed by atoms with E-state index in [1.54, 1.807) is 10.9 Å². The number of rotatable bonds is 3. The van der Waals surface area contributed by atoms with Gasteiger partial charge in [-0.15, -0.1) is 5.10 Å². The maximum atomic E-state index is 6.00. The summed E-state index contributed by atoms with van der Waals surface area (Å²) in [5.74, 6) is 1.83. The average Bonchev–Trinajstić information content (AvgIpc) is 3.34. The highest BCUT2D eigenvalue weighted by atomic mass is 16.5. The van der Waals surface area contributed by atoms with E-state index in [4.69, 9.17) is 15.5 Å². The van der Waals surface area contributed by atoms with Gasteiger partial charge in [0.1, 0.15) is 11.6 Å². The second-order valence-electron chi connectivity index (χ2n) is 6.66. The van der Waals surface area contributed by atoms with Crippen molar-refractivity contribution in [1.29, 1.82) is 0 Å². The first kappa shape index (κ1) is 14.6. The van der Waals surface area contributed by atoms with Crippen LogP contribution in [0.5, 0.6) is 5.75 Å². The molecular weight excluding hydrogens is 318 g/mol. The zero-order valence-corrected chi connectivity index (χ0v) is 13.8. The summed E-state index contributed by atoms with van der Waals surface area (Å²) in [4.78, 5) is 11.3. The molecule has 5 rings (SSSR count). The number of ether oxygens (including phenoxy) is 1. The van der Waals surface area contributed by atoms with Crippen LogP contribution in [-0.2, 0) is 13.0 Å². The maximum absolute atomic E-state index is 6.00. The maximum Gasteiger partial charge on any atom is 0.221 e. The van der Waals surface area contributed by atoms with Crippen molar-refractivity contribution < 1.29 is 4.74 Å². The zero-order valence-electron chi connectivity index (χ0n) is 13.8. The fourth-order valence-electron chi connectivity index (χ4n) is 3.51. The third-order valence-electron chi connectivity index (χ3n) is 4.85. The molecule has 1 unspecified atom stereocenters. The molecule has 2 aliphatic heterocycles. The number of fused-ring (bicyclic) bond motifs is 2. The number of benzene rings is 1. The van der Waals surface area contributed by atoms with E-state index in [0.29, 0.717) is 17.8 Å². The smallest absolute Gasteiger partial charge is 0.221 e. The van der Waals surface area contributed by atoms with Gasteiger partial charge in [0.05, 0.1) is 19.3 Å². The molecule has 8 nitrogen and oxygen atoms in total. The number of aromatic nitrogens is 5. The third kappa shape index (κ3) is 2.58. The number of hydrogen-bond acceptors (Lipinski definition) is 7. The summed E-state index contributed by atoms with van der Waals surface area (Å²) in [6.45, 7) is 3.10. The second kappa shape index (κ2) is 5.66. The van der Waals surface area contributed by atoms with Crippen LogP contribution in [0.2, 0.25) is 0 Å². The molecule has 2 aliphatic rings. The summed E-state index contributed by atoms with van der Waals surface area (Å²) in [5, 5.41) is 8.38. The number of hydrogen-bond donors (Lipinski definition) is 1. The number of nitrogens with zero attached hydrogens (tertiary/aromatic N) is 6. The Morgan fingerprint density at radius 1 is 1.32 bits per heavy atom. The van der Waals surface area contributed by atoms with Crippen molar-refractivity contribution in [3.05, 3.63) is 35.5 Å². The summed E-state index contributed by atoms with van der Waals surface area (Å²) in [6, 6.07) is 6.47. The van der Waals surface area contributed by atoms with Gasteiger partial charge in [-0.3, -0.25) is 0 Å². The molecule has 0 bridgehead atoms. The first-order valence-electron chi connectivity index (χ1n) is 8.57. The van der Waals surface area contributed by atoms with Crippen LogP contribution in [-0.4, -0.2) is 50.7 Å². The Hall–Kier alpha value is -2.74. The Kier molecular flexibility index (Phi) is 3.30.